The smallest absolute Gasteiger partial charge is 0.305 e. The number of nitrogens with zero attached hydrogens (tertiary/aromatic N) is 1. The van der Waals surface area contributed by atoms with E-state index in [0.29, 0.717) is 0 Å². The molecule has 160 valence electrons. The van der Waals surface area contributed by atoms with Crippen molar-refractivity contribution >= 4 is 29.7 Å². The van der Waals surface area contributed by atoms with Gasteiger partial charge in [0.25, 0.3) is 11.8 Å². The summed E-state index contributed by atoms with van der Waals surface area (Å²) in [4.78, 5) is 61.4. The number of benzene rings is 1. The highest BCUT2D eigenvalue weighted by atomic mass is 16.7. The van der Waals surface area contributed by atoms with Crippen LogP contribution in [0.25, 0.3) is 0 Å². The fraction of sp³-hybridized carbons (Fsp3) is 0.450. The van der Waals surface area contributed by atoms with E-state index < -0.39 is 54.3 Å². The molecule has 10 heteroatoms. The van der Waals surface area contributed by atoms with E-state index in [9.17, 15) is 24.0 Å². The van der Waals surface area contributed by atoms with Crippen LogP contribution in [0.1, 0.15) is 47.9 Å². The maximum Gasteiger partial charge on any atom is 0.305 e. The van der Waals surface area contributed by atoms with Crippen molar-refractivity contribution in [2.45, 2.75) is 51.7 Å². The van der Waals surface area contributed by atoms with Gasteiger partial charge in [-0.05, 0) is 12.1 Å². The van der Waals surface area contributed by atoms with Crippen LogP contribution < -0.4 is 0 Å². The van der Waals surface area contributed by atoms with E-state index in [1.165, 1.54) is 26.0 Å². The summed E-state index contributed by atoms with van der Waals surface area (Å²) in [5.41, 5.74) is 0.375. The Kier molecular flexibility index (Phi) is 6.16. The Labute approximate surface area is 172 Å². The van der Waals surface area contributed by atoms with Crippen LogP contribution in [0.5, 0.6) is 0 Å². The summed E-state index contributed by atoms with van der Waals surface area (Å²) in [5.74, 6) is -3.16. The van der Waals surface area contributed by atoms with Crippen LogP contribution in [0, 0.1) is 0 Å². The zero-order valence-corrected chi connectivity index (χ0v) is 16.7. The molecule has 1 aromatic carbocycles. The molecular weight excluding hydrogens is 398 g/mol. The van der Waals surface area contributed by atoms with Crippen molar-refractivity contribution < 1.29 is 42.9 Å². The zero-order chi connectivity index (χ0) is 22.0. The minimum absolute atomic E-state index is 0.0166. The molecule has 0 aliphatic carbocycles. The van der Waals surface area contributed by atoms with Gasteiger partial charge in [-0.15, -0.1) is 0 Å². The predicted octanol–water partition coefficient (Wildman–Crippen LogP) is 0.824. The summed E-state index contributed by atoms with van der Waals surface area (Å²) in [6.45, 7) is 3.35. The fourth-order valence-electron chi connectivity index (χ4n) is 3.58. The SMILES string of the molecule is CC(=O)OCC1C[C@@H](OC(C)=O)C(N2C(=O)c3ccccc3C2=O)[C@H](OC(C)=O)O1. The molecule has 2 aliphatic rings. The molecule has 0 spiro atoms. The summed E-state index contributed by atoms with van der Waals surface area (Å²) >= 11 is 0. The molecule has 0 saturated carbocycles. The van der Waals surface area contributed by atoms with Crippen molar-refractivity contribution in [2.24, 2.45) is 0 Å². The van der Waals surface area contributed by atoms with Gasteiger partial charge in [-0.2, -0.15) is 0 Å². The minimum Gasteiger partial charge on any atom is -0.463 e. The third kappa shape index (κ3) is 4.33. The highest BCUT2D eigenvalue weighted by Crippen LogP contribution is 2.34. The summed E-state index contributed by atoms with van der Waals surface area (Å²) in [7, 11) is 0. The Morgan fingerprint density at radius 2 is 1.53 bits per heavy atom. The van der Waals surface area contributed by atoms with E-state index in [4.69, 9.17) is 18.9 Å². The number of fused-ring (bicyclic) bond motifs is 1. The molecular formula is C20H21NO9. The first kappa shape index (κ1) is 21.4. The van der Waals surface area contributed by atoms with E-state index in [0.717, 1.165) is 11.8 Å². The Bertz CT molecular complexity index is 835. The quantitative estimate of drug-likeness (QED) is 0.387. The molecule has 30 heavy (non-hydrogen) atoms. The molecule has 4 atom stereocenters. The lowest BCUT2D eigenvalue weighted by Crippen LogP contribution is -2.61. The van der Waals surface area contributed by atoms with E-state index in [1.54, 1.807) is 12.1 Å². The topological polar surface area (TPSA) is 126 Å². The first-order valence-electron chi connectivity index (χ1n) is 9.29. The number of rotatable bonds is 5. The summed E-state index contributed by atoms with van der Waals surface area (Å²) in [6.07, 6.45) is -3.22. The molecule has 3 rings (SSSR count). The van der Waals surface area contributed by atoms with Crippen LogP contribution in [0.4, 0.5) is 0 Å². The lowest BCUT2D eigenvalue weighted by molar-refractivity contribution is -0.245. The van der Waals surface area contributed by atoms with Gasteiger partial charge in [0.05, 0.1) is 17.2 Å². The second-order valence-electron chi connectivity index (χ2n) is 6.94. The number of ether oxygens (including phenoxy) is 4. The molecule has 0 bridgehead atoms. The van der Waals surface area contributed by atoms with Crippen molar-refractivity contribution in [2.75, 3.05) is 6.61 Å². The van der Waals surface area contributed by atoms with Crippen molar-refractivity contribution in [1.82, 2.24) is 4.90 Å². The van der Waals surface area contributed by atoms with Gasteiger partial charge in [0, 0.05) is 27.2 Å². The summed E-state index contributed by atoms with van der Waals surface area (Å²) in [6, 6.07) is 5.04. The number of hydrogen-bond acceptors (Lipinski definition) is 9. The van der Waals surface area contributed by atoms with Gasteiger partial charge < -0.3 is 18.9 Å². The second kappa shape index (κ2) is 8.62. The van der Waals surface area contributed by atoms with Crippen molar-refractivity contribution in [3.05, 3.63) is 35.4 Å². The predicted molar refractivity (Wildman–Crippen MR) is 98.0 cm³/mol. The highest BCUT2D eigenvalue weighted by molar-refractivity contribution is 6.21. The van der Waals surface area contributed by atoms with Gasteiger partial charge >= 0.3 is 17.9 Å². The van der Waals surface area contributed by atoms with Crippen LogP contribution >= 0.6 is 0 Å². The van der Waals surface area contributed by atoms with E-state index >= 15 is 0 Å². The second-order valence-corrected chi connectivity index (χ2v) is 6.94. The highest BCUT2D eigenvalue weighted by Gasteiger charge is 2.52. The number of imide groups is 1. The van der Waals surface area contributed by atoms with E-state index in [-0.39, 0.29) is 24.2 Å². The van der Waals surface area contributed by atoms with Gasteiger partial charge in [0.2, 0.25) is 6.29 Å². The van der Waals surface area contributed by atoms with Gasteiger partial charge in [0.1, 0.15) is 18.8 Å². The molecule has 1 aromatic rings. The van der Waals surface area contributed by atoms with Gasteiger partial charge in [-0.1, -0.05) is 12.1 Å². The molecule has 2 unspecified atom stereocenters. The van der Waals surface area contributed by atoms with Crippen LogP contribution in [0.2, 0.25) is 0 Å². The van der Waals surface area contributed by atoms with Gasteiger partial charge in [-0.25, -0.2) is 0 Å². The van der Waals surface area contributed by atoms with Crippen molar-refractivity contribution in [1.29, 1.82) is 0 Å². The first-order valence-corrected chi connectivity index (χ1v) is 9.29. The molecule has 2 aliphatic heterocycles. The lowest BCUT2D eigenvalue weighted by atomic mass is 9.98. The first-order chi connectivity index (χ1) is 14.2. The molecule has 2 amide bonds. The average molecular weight is 419 g/mol. The summed E-state index contributed by atoms with van der Waals surface area (Å²) < 4.78 is 21.3. The molecule has 1 saturated heterocycles. The average Bonchev–Trinajstić information content (AvgIpc) is 2.90. The molecule has 0 N–H and O–H groups in total. The molecule has 1 fully saturated rings. The Morgan fingerprint density at radius 1 is 0.967 bits per heavy atom. The Morgan fingerprint density at radius 3 is 2.03 bits per heavy atom. The molecule has 0 radical (unpaired) electrons. The Balaban J connectivity index is 1.96. The van der Waals surface area contributed by atoms with Crippen LogP contribution in [-0.4, -0.2) is 65.8 Å². The van der Waals surface area contributed by atoms with Gasteiger partial charge in [0.15, 0.2) is 0 Å². The number of carbonyl (C=O) groups is 5. The third-order valence-corrected chi connectivity index (χ3v) is 4.68. The molecule has 2 heterocycles. The van der Waals surface area contributed by atoms with Crippen molar-refractivity contribution in [3.8, 4) is 0 Å². The van der Waals surface area contributed by atoms with Crippen molar-refractivity contribution in [3.63, 3.8) is 0 Å². The van der Waals surface area contributed by atoms with Crippen LogP contribution in [0.3, 0.4) is 0 Å². The number of esters is 3. The maximum absolute atomic E-state index is 13.0. The zero-order valence-electron chi connectivity index (χ0n) is 16.7. The largest absolute Gasteiger partial charge is 0.463 e. The molecule has 0 aromatic heterocycles. The van der Waals surface area contributed by atoms with Gasteiger partial charge in [-0.3, -0.25) is 28.9 Å². The maximum atomic E-state index is 13.0. The number of amides is 2. The monoisotopic (exact) mass is 419 g/mol. The van der Waals surface area contributed by atoms with Crippen LogP contribution in [0.15, 0.2) is 24.3 Å². The Hall–Kier alpha value is -3.27. The third-order valence-electron chi connectivity index (χ3n) is 4.68. The fourth-order valence-corrected chi connectivity index (χ4v) is 3.58. The van der Waals surface area contributed by atoms with E-state index in [1.807, 2.05) is 0 Å². The molecule has 10 nitrogen and oxygen atoms in total. The standard InChI is InChI=1S/C20H21NO9/c1-10(22)27-9-13-8-16(28-11(2)23)17(20(30-13)29-12(3)24)21-18(25)14-6-4-5-7-15(14)19(21)26/h4-7,13,16-17,20H,8-9H2,1-3H3/t13?,16-,17?,20-/m1/s1. The minimum atomic E-state index is -1.41. The van der Waals surface area contributed by atoms with E-state index in [2.05, 4.69) is 0 Å². The summed E-state index contributed by atoms with van der Waals surface area (Å²) in [5, 5.41) is 0. The number of hydrogen-bond donors (Lipinski definition) is 0. The normalized spacial score (nSPS) is 25.5. The van der Waals surface area contributed by atoms with Crippen LogP contribution in [-0.2, 0) is 33.3 Å². The number of carbonyl (C=O) groups excluding carboxylic acids is 5. The lowest BCUT2D eigenvalue weighted by Gasteiger charge is -2.43.